The highest BCUT2D eigenvalue weighted by Gasteiger charge is 2.07. The van der Waals surface area contributed by atoms with E-state index in [1.54, 1.807) is 37.6 Å². The zero-order chi connectivity index (χ0) is 19.1. The molecular weight excluding hydrogens is 474 g/mol. The first-order valence-electron chi connectivity index (χ1n) is 8.55. The van der Waals surface area contributed by atoms with Crippen molar-refractivity contribution in [3.05, 3.63) is 60.3 Å². The molecule has 0 fully saturated rings. The summed E-state index contributed by atoms with van der Waals surface area (Å²) in [5.41, 5.74) is 2.56. The molecule has 0 aliphatic carbocycles. The number of nitrogens with zero attached hydrogens (tertiary/aromatic N) is 2. The van der Waals surface area contributed by atoms with Gasteiger partial charge in [0.25, 0.3) is 0 Å². The quantitative estimate of drug-likeness (QED) is 0.240. The fourth-order valence-electron chi connectivity index (χ4n) is 2.70. The van der Waals surface area contributed by atoms with E-state index in [0.29, 0.717) is 24.6 Å². The van der Waals surface area contributed by atoms with Crippen molar-refractivity contribution in [1.29, 1.82) is 0 Å². The Morgan fingerprint density at radius 3 is 2.89 bits per heavy atom. The molecule has 2 aromatic heterocycles. The number of hydrogen-bond donors (Lipinski definition) is 4. The molecule has 28 heavy (non-hydrogen) atoms. The second-order valence-corrected chi connectivity index (χ2v) is 5.90. The number of aromatic nitrogens is 2. The number of hydrogen-bond acceptors (Lipinski definition) is 3. The van der Waals surface area contributed by atoms with E-state index in [4.69, 9.17) is 0 Å². The number of anilines is 1. The van der Waals surface area contributed by atoms with Crippen LogP contribution in [0.2, 0.25) is 0 Å². The van der Waals surface area contributed by atoms with Gasteiger partial charge in [0.2, 0.25) is 5.91 Å². The Balaban J connectivity index is 0.00000280. The Kier molecular flexibility index (Phi) is 8.18. The van der Waals surface area contributed by atoms with E-state index in [1.165, 1.54) is 12.1 Å². The fraction of sp³-hybridized carbons (Fsp3) is 0.211. The maximum atomic E-state index is 13.4. The summed E-state index contributed by atoms with van der Waals surface area (Å²) in [5, 5.41) is 9.71. The molecule has 0 saturated carbocycles. The van der Waals surface area contributed by atoms with Crippen LogP contribution < -0.4 is 16.0 Å². The van der Waals surface area contributed by atoms with Gasteiger partial charge in [-0.25, -0.2) is 4.39 Å². The van der Waals surface area contributed by atoms with E-state index in [2.05, 4.69) is 30.9 Å². The number of benzene rings is 1. The summed E-state index contributed by atoms with van der Waals surface area (Å²) in [4.78, 5) is 23.1. The highest BCUT2D eigenvalue weighted by atomic mass is 127. The van der Waals surface area contributed by atoms with Crippen LogP contribution in [-0.4, -0.2) is 42.0 Å². The number of carbonyl (C=O) groups excluding carboxylic acids is 1. The zero-order valence-corrected chi connectivity index (χ0v) is 17.7. The van der Waals surface area contributed by atoms with Crippen molar-refractivity contribution in [2.45, 2.75) is 6.42 Å². The molecule has 3 aromatic rings. The first-order valence-corrected chi connectivity index (χ1v) is 8.55. The number of guanidine groups is 1. The van der Waals surface area contributed by atoms with Crippen LogP contribution in [0.3, 0.4) is 0 Å². The van der Waals surface area contributed by atoms with Crippen LogP contribution in [0.4, 0.5) is 10.1 Å². The molecule has 9 heteroatoms. The predicted octanol–water partition coefficient (Wildman–Crippen LogP) is 2.67. The molecule has 2 heterocycles. The zero-order valence-electron chi connectivity index (χ0n) is 15.3. The van der Waals surface area contributed by atoms with Crippen LogP contribution >= 0.6 is 24.0 Å². The minimum absolute atomic E-state index is 0. The molecular formula is C19H22FIN6O. The Hall–Kier alpha value is -2.69. The van der Waals surface area contributed by atoms with Crippen LogP contribution in [0.5, 0.6) is 0 Å². The summed E-state index contributed by atoms with van der Waals surface area (Å²) < 4.78 is 13.4. The number of halogens is 2. The number of H-pyrrole nitrogens is 1. The number of aliphatic imine (C=N–C) groups is 1. The molecule has 148 valence electrons. The standard InChI is InChI=1S/C19H21FN6O.HI/c1-21-19(25-12-18(27)26-15-3-2-7-22-11-15)23-8-6-13-10-24-17-5-4-14(20)9-16(13)17;/h2-5,7,9-11,24H,6,8,12H2,1H3,(H,26,27)(H2,21,23,25);1H. The topological polar surface area (TPSA) is 94.2 Å². The number of aromatic amines is 1. The van der Waals surface area contributed by atoms with Crippen LogP contribution in [0.15, 0.2) is 53.9 Å². The van der Waals surface area contributed by atoms with E-state index in [-0.39, 0.29) is 42.2 Å². The summed E-state index contributed by atoms with van der Waals surface area (Å²) >= 11 is 0. The van der Waals surface area contributed by atoms with Crippen LogP contribution in [-0.2, 0) is 11.2 Å². The van der Waals surface area contributed by atoms with Crippen LogP contribution in [0.25, 0.3) is 10.9 Å². The summed E-state index contributed by atoms with van der Waals surface area (Å²) in [5.74, 6) is 0.0637. The van der Waals surface area contributed by atoms with Gasteiger partial charge >= 0.3 is 0 Å². The molecule has 0 aliphatic heterocycles. The molecule has 0 radical (unpaired) electrons. The molecule has 7 nitrogen and oxygen atoms in total. The average Bonchev–Trinajstić information content (AvgIpc) is 3.07. The third-order valence-corrected chi connectivity index (χ3v) is 4.00. The molecule has 0 aliphatic rings. The van der Waals surface area contributed by atoms with Crippen molar-refractivity contribution in [1.82, 2.24) is 20.6 Å². The van der Waals surface area contributed by atoms with Gasteiger partial charge in [0.15, 0.2) is 5.96 Å². The average molecular weight is 496 g/mol. The molecule has 0 saturated heterocycles. The largest absolute Gasteiger partial charge is 0.361 e. The summed E-state index contributed by atoms with van der Waals surface area (Å²) in [7, 11) is 1.63. The second kappa shape index (κ2) is 10.6. The normalized spacial score (nSPS) is 11.0. The maximum absolute atomic E-state index is 13.4. The lowest BCUT2D eigenvalue weighted by Crippen LogP contribution is -2.42. The Labute approximate surface area is 179 Å². The fourth-order valence-corrected chi connectivity index (χ4v) is 2.70. The summed E-state index contributed by atoms with van der Waals surface area (Å²) in [6, 6.07) is 8.20. The van der Waals surface area contributed by atoms with Gasteiger partial charge < -0.3 is 20.9 Å². The van der Waals surface area contributed by atoms with Gasteiger partial charge in [-0.3, -0.25) is 14.8 Å². The maximum Gasteiger partial charge on any atom is 0.243 e. The lowest BCUT2D eigenvalue weighted by Gasteiger charge is -2.11. The van der Waals surface area contributed by atoms with Crippen molar-refractivity contribution in [3.8, 4) is 0 Å². The van der Waals surface area contributed by atoms with Crippen LogP contribution in [0.1, 0.15) is 5.56 Å². The first-order chi connectivity index (χ1) is 13.2. The van der Waals surface area contributed by atoms with Crippen LogP contribution in [0, 0.1) is 5.82 Å². The highest BCUT2D eigenvalue weighted by Crippen LogP contribution is 2.19. The molecule has 1 aromatic carbocycles. The third kappa shape index (κ3) is 5.91. The number of pyridine rings is 1. The van der Waals surface area contributed by atoms with E-state index in [1.807, 2.05) is 6.20 Å². The third-order valence-electron chi connectivity index (χ3n) is 4.00. The molecule has 0 bridgehead atoms. The molecule has 3 rings (SSSR count). The van der Waals surface area contributed by atoms with E-state index >= 15 is 0 Å². The molecule has 4 N–H and O–H groups in total. The highest BCUT2D eigenvalue weighted by molar-refractivity contribution is 14.0. The van der Waals surface area contributed by atoms with E-state index in [9.17, 15) is 9.18 Å². The second-order valence-electron chi connectivity index (χ2n) is 5.90. The monoisotopic (exact) mass is 496 g/mol. The lowest BCUT2D eigenvalue weighted by atomic mass is 10.1. The SMILES string of the molecule is CN=C(NCCc1c[nH]c2ccc(F)cc12)NCC(=O)Nc1cccnc1.I. The predicted molar refractivity (Wildman–Crippen MR) is 120 cm³/mol. The number of nitrogens with one attached hydrogen (secondary N) is 4. The number of fused-ring (bicyclic) bond motifs is 1. The van der Waals surface area contributed by atoms with Gasteiger partial charge in [0.05, 0.1) is 18.4 Å². The van der Waals surface area contributed by atoms with Crippen molar-refractivity contribution < 1.29 is 9.18 Å². The minimum atomic E-state index is -0.256. The van der Waals surface area contributed by atoms with Crippen molar-refractivity contribution in [2.24, 2.45) is 4.99 Å². The Morgan fingerprint density at radius 1 is 1.29 bits per heavy atom. The van der Waals surface area contributed by atoms with Crippen molar-refractivity contribution in [3.63, 3.8) is 0 Å². The number of carbonyl (C=O) groups is 1. The van der Waals surface area contributed by atoms with Gasteiger partial charge in [-0.05, 0) is 42.3 Å². The van der Waals surface area contributed by atoms with Gasteiger partial charge in [-0.1, -0.05) is 0 Å². The van der Waals surface area contributed by atoms with E-state index < -0.39 is 0 Å². The van der Waals surface area contributed by atoms with Gasteiger partial charge in [-0.15, -0.1) is 24.0 Å². The molecule has 0 unspecified atom stereocenters. The van der Waals surface area contributed by atoms with Gasteiger partial charge in [0.1, 0.15) is 5.82 Å². The van der Waals surface area contributed by atoms with E-state index in [0.717, 1.165) is 16.5 Å². The summed E-state index contributed by atoms with van der Waals surface area (Å²) in [6.07, 6.45) is 5.78. The Morgan fingerprint density at radius 2 is 2.14 bits per heavy atom. The molecule has 0 spiro atoms. The van der Waals surface area contributed by atoms with Gasteiger partial charge in [-0.2, -0.15) is 0 Å². The lowest BCUT2D eigenvalue weighted by molar-refractivity contribution is -0.115. The molecule has 1 amide bonds. The smallest absolute Gasteiger partial charge is 0.243 e. The number of amides is 1. The number of rotatable bonds is 6. The first kappa shape index (κ1) is 21.6. The van der Waals surface area contributed by atoms with Gasteiger partial charge in [0, 0.05) is 36.9 Å². The molecule has 0 atom stereocenters. The minimum Gasteiger partial charge on any atom is -0.361 e. The Bertz CT molecular complexity index is 944. The van der Waals surface area contributed by atoms with Crippen molar-refractivity contribution in [2.75, 3.05) is 25.5 Å². The summed E-state index contributed by atoms with van der Waals surface area (Å²) in [6.45, 7) is 0.667. The van der Waals surface area contributed by atoms with Crippen molar-refractivity contribution >= 4 is 52.4 Å².